The van der Waals surface area contributed by atoms with Crippen molar-refractivity contribution < 1.29 is 9.59 Å². The summed E-state index contributed by atoms with van der Waals surface area (Å²) in [5.41, 5.74) is 2.81. The van der Waals surface area contributed by atoms with E-state index in [4.69, 9.17) is 0 Å². The molecule has 0 radical (unpaired) electrons. The van der Waals surface area contributed by atoms with Gasteiger partial charge in [-0.1, -0.05) is 12.8 Å². The van der Waals surface area contributed by atoms with Gasteiger partial charge in [0, 0.05) is 23.2 Å². The zero-order valence-corrected chi connectivity index (χ0v) is 14.7. The van der Waals surface area contributed by atoms with Crippen molar-refractivity contribution in [3.63, 3.8) is 0 Å². The minimum absolute atomic E-state index is 0.0565. The highest BCUT2D eigenvalue weighted by Crippen LogP contribution is 2.29. The van der Waals surface area contributed by atoms with Crippen LogP contribution in [-0.2, 0) is 17.6 Å². The molecule has 1 aliphatic carbocycles. The molecule has 1 aromatic heterocycles. The summed E-state index contributed by atoms with van der Waals surface area (Å²) in [4.78, 5) is 25.7. The van der Waals surface area contributed by atoms with E-state index in [1.54, 1.807) is 35.6 Å². The molecule has 126 valence electrons. The van der Waals surface area contributed by atoms with Gasteiger partial charge >= 0.3 is 0 Å². The molecule has 1 aromatic carbocycles. The third-order valence-corrected chi connectivity index (χ3v) is 5.42. The molecule has 0 fully saturated rings. The van der Waals surface area contributed by atoms with Crippen LogP contribution in [0.4, 0.5) is 11.4 Å². The molecule has 5 heteroatoms. The number of hydrogen-bond donors (Lipinski definition) is 2. The molecule has 24 heavy (non-hydrogen) atoms. The minimum atomic E-state index is -0.109. The summed E-state index contributed by atoms with van der Waals surface area (Å²) in [6.07, 6.45) is 7.20. The molecule has 0 saturated carbocycles. The monoisotopic (exact) mass is 342 g/mol. The van der Waals surface area contributed by atoms with E-state index in [2.05, 4.69) is 16.7 Å². The molecule has 1 aliphatic rings. The normalized spacial score (nSPS) is 14.2. The molecule has 0 bridgehead atoms. The minimum Gasteiger partial charge on any atom is -0.326 e. The molecular formula is C19H22N2O2S. The first-order valence-electron chi connectivity index (χ1n) is 8.42. The largest absolute Gasteiger partial charge is 0.326 e. The zero-order chi connectivity index (χ0) is 16.9. The molecule has 0 aliphatic heterocycles. The van der Waals surface area contributed by atoms with Crippen molar-refractivity contribution in [2.24, 2.45) is 0 Å². The fourth-order valence-corrected chi connectivity index (χ4v) is 4.14. The van der Waals surface area contributed by atoms with Crippen LogP contribution >= 0.6 is 11.3 Å². The van der Waals surface area contributed by atoms with Crippen LogP contribution in [0.1, 0.15) is 52.7 Å². The number of thiophene rings is 1. The Morgan fingerprint density at radius 3 is 2.21 bits per heavy atom. The predicted octanol–water partition coefficient (Wildman–Crippen LogP) is 4.62. The lowest BCUT2D eigenvalue weighted by Crippen LogP contribution is -2.10. The van der Waals surface area contributed by atoms with Gasteiger partial charge in [-0.3, -0.25) is 9.59 Å². The zero-order valence-electron chi connectivity index (χ0n) is 13.9. The number of benzene rings is 1. The van der Waals surface area contributed by atoms with Gasteiger partial charge in [0.05, 0.1) is 4.88 Å². The molecule has 2 amide bonds. The van der Waals surface area contributed by atoms with Crippen LogP contribution in [0.2, 0.25) is 0 Å². The lowest BCUT2D eigenvalue weighted by molar-refractivity contribution is -0.114. The summed E-state index contributed by atoms with van der Waals surface area (Å²) in [7, 11) is 0. The van der Waals surface area contributed by atoms with Gasteiger partial charge in [0.25, 0.3) is 5.91 Å². The smallest absolute Gasteiger partial charge is 0.265 e. The summed E-state index contributed by atoms with van der Waals surface area (Å²) in [6, 6.07) is 9.22. The van der Waals surface area contributed by atoms with E-state index in [1.807, 2.05) is 0 Å². The Morgan fingerprint density at radius 2 is 1.54 bits per heavy atom. The Morgan fingerprint density at radius 1 is 0.917 bits per heavy atom. The SMILES string of the molecule is CC(=O)Nc1ccc(NC(=O)c2cc3c(s2)CCCCCC3)cc1. The lowest BCUT2D eigenvalue weighted by atomic mass is 10.00. The van der Waals surface area contributed by atoms with Crippen molar-refractivity contribution in [1.29, 1.82) is 0 Å². The van der Waals surface area contributed by atoms with Gasteiger partial charge in [-0.15, -0.1) is 11.3 Å². The van der Waals surface area contributed by atoms with Gasteiger partial charge in [0.15, 0.2) is 0 Å². The van der Waals surface area contributed by atoms with Crippen LogP contribution in [0.15, 0.2) is 30.3 Å². The molecular weight excluding hydrogens is 320 g/mol. The average molecular weight is 342 g/mol. The topological polar surface area (TPSA) is 58.2 Å². The van der Waals surface area contributed by atoms with E-state index in [9.17, 15) is 9.59 Å². The maximum absolute atomic E-state index is 12.5. The van der Waals surface area contributed by atoms with Gasteiger partial charge < -0.3 is 10.6 Å². The Bertz CT molecular complexity index is 709. The fourth-order valence-electron chi connectivity index (χ4n) is 2.99. The Labute approximate surface area is 146 Å². The number of amides is 2. The van der Waals surface area contributed by atoms with Crippen molar-refractivity contribution in [1.82, 2.24) is 0 Å². The summed E-state index contributed by atoms with van der Waals surface area (Å²) in [6.45, 7) is 1.47. The lowest BCUT2D eigenvalue weighted by Gasteiger charge is -2.07. The first kappa shape index (κ1) is 16.7. The number of anilines is 2. The van der Waals surface area contributed by atoms with Crippen molar-refractivity contribution >= 4 is 34.5 Å². The number of aryl methyl sites for hydroxylation is 2. The Hall–Kier alpha value is -2.14. The fraction of sp³-hybridized carbons (Fsp3) is 0.368. The number of fused-ring (bicyclic) bond motifs is 1. The number of carbonyl (C=O) groups excluding carboxylic acids is 2. The van der Waals surface area contributed by atoms with E-state index in [0.717, 1.165) is 29.1 Å². The third-order valence-electron chi connectivity index (χ3n) is 4.18. The number of hydrogen-bond acceptors (Lipinski definition) is 3. The number of rotatable bonds is 3. The van der Waals surface area contributed by atoms with E-state index in [-0.39, 0.29) is 11.8 Å². The first-order chi connectivity index (χ1) is 11.6. The van der Waals surface area contributed by atoms with E-state index >= 15 is 0 Å². The van der Waals surface area contributed by atoms with Crippen LogP contribution in [0.25, 0.3) is 0 Å². The third kappa shape index (κ3) is 4.23. The van der Waals surface area contributed by atoms with Crippen molar-refractivity contribution in [2.75, 3.05) is 10.6 Å². The molecule has 0 atom stereocenters. The molecule has 4 nitrogen and oxygen atoms in total. The summed E-state index contributed by atoms with van der Waals surface area (Å²) >= 11 is 1.63. The van der Waals surface area contributed by atoms with Gasteiger partial charge in [-0.05, 0) is 61.6 Å². The highest BCUT2D eigenvalue weighted by atomic mass is 32.1. The van der Waals surface area contributed by atoms with Crippen LogP contribution in [0.3, 0.4) is 0 Å². The summed E-state index contributed by atoms with van der Waals surface area (Å²) < 4.78 is 0. The molecule has 2 N–H and O–H groups in total. The number of nitrogens with one attached hydrogen (secondary N) is 2. The van der Waals surface area contributed by atoms with Gasteiger partial charge in [0.2, 0.25) is 5.91 Å². The standard InChI is InChI=1S/C19H22N2O2S/c1-13(22)20-15-8-10-16(11-9-15)21-19(23)18-12-14-6-4-2-3-5-7-17(14)24-18/h8-12H,2-7H2,1H3,(H,20,22)(H,21,23). The Kier molecular flexibility index (Phi) is 5.30. The van der Waals surface area contributed by atoms with Crippen LogP contribution in [0, 0.1) is 0 Å². The van der Waals surface area contributed by atoms with Crippen molar-refractivity contribution in [2.45, 2.75) is 45.4 Å². The van der Waals surface area contributed by atoms with Gasteiger partial charge in [-0.25, -0.2) is 0 Å². The number of carbonyl (C=O) groups is 2. The predicted molar refractivity (Wildman–Crippen MR) is 98.9 cm³/mol. The summed E-state index contributed by atoms with van der Waals surface area (Å²) in [5, 5.41) is 5.65. The second-order valence-electron chi connectivity index (χ2n) is 6.19. The van der Waals surface area contributed by atoms with Crippen LogP contribution in [-0.4, -0.2) is 11.8 Å². The quantitative estimate of drug-likeness (QED) is 0.855. The van der Waals surface area contributed by atoms with E-state index in [0.29, 0.717) is 0 Å². The first-order valence-corrected chi connectivity index (χ1v) is 9.24. The van der Waals surface area contributed by atoms with Crippen LogP contribution < -0.4 is 10.6 Å². The van der Waals surface area contributed by atoms with Crippen molar-refractivity contribution in [3.8, 4) is 0 Å². The second kappa shape index (κ2) is 7.62. The molecule has 3 rings (SSSR count). The van der Waals surface area contributed by atoms with E-state index in [1.165, 1.54) is 43.0 Å². The molecule has 1 heterocycles. The maximum atomic E-state index is 12.5. The van der Waals surface area contributed by atoms with Crippen LogP contribution in [0.5, 0.6) is 0 Å². The maximum Gasteiger partial charge on any atom is 0.265 e. The molecule has 0 spiro atoms. The van der Waals surface area contributed by atoms with Crippen molar-refractivity contribution in [3.05, 3.63) is 45.6 Å². The molecule has 2 aromatic rings. The van der Waals surface area contributed by atoms with Gasteiger partial charge in [-0.2, -0.15) is 0 Å². The second-order valence-corrected chi connectivity index (χ2v) is 7.32. The van der Waals surface area contributed by atoms with Gasteiger partial charge in [0.1, 0.15) is 0 Å². The molecule has 0 saturated heterocycles. The van der Waals surface area contributed by atoms with E-state index < -0.39 is 0 Å². The highest BCUT2D eigenvalue weighted by molar-refractivity contribution is 7.14. The Balaban J connectivity index is 1.68. The average Bonchev–Trinajstić information content (AvgIpc) is 2.91. The highest BCUT2D eigenvalue weighted by Gasteiger charge is 2.16. The summed E-state index contributed by atoms with van der Waals surface area (Å²) in [5.74, 6) is -0.165. The molecule has 0 unspecified atom stereocenters.